The molecule has 4 nitrogen and oxygen atoms in total. The largest absolute Gasteiger partial charge is 0.330 e. The number of aromatic nitrogens is 2. The number of rotatable bonds is 2. The summed E-state index contributed by atoms with van der Waals surface area (Å²) in [7, 11) is 1.72. The van der Waals surface area contributed by atoms with E-state index in [4.69, 9.17) is 5.73 Å². The maximum Gasteiger partial charge on any atom is 0.256 e. The van der Waals surface area contributed by atoms with E-state index in [9.17, 15) is 4.79 Å². The summed E-state index contributed by atoms with van der Waals surface area (Å²) in [5, 5.41) is 0. The van der Waals surface area contributed by atoms with Gasteiger partial charge in [-0.15, -0.1) is 0 Å². The van der Waals surface area contributed by atoms with Crippen LogP contribution in [0.2, 0.25) is 0 Å². The first-order chi connectivity index (χ1) is 6.07. The summed E-state index contributed by atoms with van der Waals surface area (Å²) in [4.78, 5) is 15.8. The molecule has 0 fully saturated rings. The van der Waals surface area contributed by atoms with Crippen molar-refractivity contribution in [2.24, 2.45) is 12.8 Å². The van der Waals surface area contributed by atoms with Crippen LogP contribution in [0.4, 0.5) is 0 Å². The number of nitrogens with zero attached hydrogens (tertiary/aromatic N) is 2. The number of aryl methyl sites for hydroxylation is 1. The molecule has 0 saturated heterocycles. The highest BCUT2D eigenvalue weighted by Gasteiger charge is 2.10. The fourth-order valence-electron chi connectivity index (χ4n) is 1.11. The van der Waals surface area contributed by atoms with Crippen LogP contribution in [0.25, 0.3) is 0 Å². The van der Waals surface area contributed by atoms with Crippen LogP contribution in [0.5, 0.6) is 0 Å². The van der Waals surface area contributed by atoms with Gasteiger partial charge in [-0.3, -0.25) is 9.36 Å². The predicted octanol–water partition coefficient (Wildman–Crippen LogP) is 0.151. The quantitative estimate of drug-likeness (QED) is 0.706. The molecule has 0 aromatic carbocycles. The van der Waals surface area contributed by atoms with E-state index in [1.807, 2.05) is 6.92 Å². The Hall–Kier alpha value is -1.16. The molecule has 72 valence electrons. The van der Waals surface area contributed by atoms with Gasteiger partial charge in [-0.2, -0.15) is 0 Å². The van der Waals surface area contributed by atoms with Crippen molar-refractivity contribution in [1.82, 2.24) is 9.55 Å². The molecule has 0 aliphatic rings. The summed E-state index contributed by atoms with van der Waals surface area (Å²) in [6.45, 7) is 4.20. The average Bonchev–Trinajstić information content (AvgIpc) is 2.13. The Morgan fingerprint density at radius 3 is 2.85 bits per heavy atom. The molecule has 0 aliphatic carbocycles. The van der Waals surface area contributed by atoms with E-state index >= 15 is 0 Å². The van der Waals surface area contributed by atoms with Crippen molar-refractivity contribution in [3.8, 4) is 0 Å². The lowest BCUT2D eigenvalue weighted by Gasteiger charge is -2.10. The molecule has 0 saturated carbocycles. The maximum absolute atomic E-state index is 11.7. The fourth-order valence-corrected chi connectivity index (χ4v) is 1.11. The molecule has 1 aromatic rings. The number of hydrogen-bond donors (Lipinski definition) is 1. The molecule has 1 aromatic heterocycles. The zero-order valence-electron chi connectivity index (χ0n) is 8.24. The smallest absolute Gasteiger partial charge is 0.256 e. The minimum atomic E-state index is 0.00505. The Morgan fingerprint density at radius 2 is 2.31 bits per heavy atom. The molecule has 4 heteroatoms. The van der Waals surface area contributed by atoms with Crippen LogP contribution in [0.1, 0.15) is 24.2 Å². The van der Waals surface area contributed by atoms with Crippen molar-refractivity contribution in [2.45, 2.75) is 19.8 Å². The Bertz CT molecular complexity index is 356. The van der Waals surface area contributed by atoms with Crippen LogP contribution in [-0.2, 0) is 7.05 Å². The van der Waals surface area contributed by atoms with Gasteiger partial charge >= 0.3 is 0 Å². The van der Waals surface area contributed by atoms with Crippen molar-refractivity contribution in [3.05, 3.63) is 27.9 Å². The molecule has 2 N–H and O–H groups in total. The van der Waals surface area contributed by atoms with Crippen LogP contribution in [0, 0.1) is 6.92 Å². The second-order valence-electron chi connectivity index (χ2n) is 3.26. The van der Waals surface area contributed by atoms with Gasteiger partial charge in [0.25, 0.3) is 5.56 Å². The topological polar surface area (TPSA) is 60.9 Å². The summed E-state index contributed by atoms with van der Waals surface area (Å²) >= 11 is 0. The molecule has 0 amide bonds. The van der Waals surface area contributed by atoms with Crippen molar-refractivity contribution < 1.29 is 0 Å². The highest BCUT2D eigenvalue weighted by molar-refractivity contribution is 5.12. The van der Waals surface area contributed by atoms with E-state index < -0.39 is 0 Å². The Labute approximate surface area is 77.4 Å². The summed E-state index contributed by atoms with van der Waals surface area (Å²) in [6, 6.07) is 0. The summed E-state index contributed by atoms with van der Waals surface area (Å²) in [5.74, 6) is 0.796. The second-order valence-corrected chi connectivity index (χ2v) is 3.26. The van der Waals surface area contributed by atoms with Gasteiger partial charge in [-0.25, -0.2) is 4.98 Å². The van der Waals surface area contributed by atoms with Gasteiger partial charge in [0.15, 0.2) is 0 Å². The average molecular weight is 181 g/mol. The summed E-state index contributed by atoms with van der Waals surface area (Å²) in [5.41, 5.74) is 6.18. The maximum atomic E-state index is 11.7. The summed E-state index contributed by atoms with van der Waals surface area (Å²) in [6.07, 6.45) is 1.62. The van der Waals surface area contributed by atoms with E-state index in [1.165, 1.54) is 0 Å². The van der Waals surface area contributed by atoms with Gasteiger partial charge in [-0.1, -0.05) is 6.92 Å². The molecule has 0 radical (unpaired) electrons. The van der Waals surface area contributed by atoms with Crippen LogP contribution in [-0.4, -0.2) is 16.1 Å². The first-order valence-electron chi connectivity index (χ1n) is 4.30. The van der Waals surface area contributed by atoms with Crippen molar-refractivity contribution in [1.29, 1.82) is 0 Å². The SMILES string of the molecule is Cc1ncc(C(C)CN)c(=O)n1C. The highest BCUT2D eigenvalue weighted by Crippen LogP contribution is 2.06. The molecule has 0 aliphatic heterocycles. The fraction of sp³-hybridized carbons (Fsp3) is 0.556. The van der Waals surface area contributed by atoms with Gasteiger partial charge in [0.05, 0.1) is 0 Å². The van der Waals surface area contributed by atoms with Gasteiger partial charge < -0.3 is 5.73 Å². The molecular formula is C9H15N3O. The first kappa shape index (κ1) is 9.92. The van der Waals surface area contributed by atoms with E-state index in [1.54, 1.807) is 24.7 Å². The third kappa shape index (κ3) is 1.78. The molecule has 0 spiro atoms. The van der Waals surface area contributed by atoms with Gasteiger partial charge in [-0.05, 0) is 13.5 Å². The minimum absolute atomic E-state index is 0.00505. The van der Waals surface area contributed by atoms with Gasteiger partial charge in [0.1, 0.15) is 5.82 Å². The monoisotopic (exact) mass is 181 g/mol. The van der Waals surface area contributed by atoms with Gasteiger partial charge in [0, 0.05) is 24.7 Å². The molecular weight excluding hydrogens is 166 g/mol. The molecule has 13 heavy (non-hydrogen) atoms. The molecule has 1 rings (SSSR count). The lowest BCUT2D eigenvalue weighted by atomic mass is 10.1. The Kier molecular flexibility index (Phi) is 2.83. The van der Waals surface area contributed by atoms with Crippen LogP contribution < -0.4 is 11.3 Å². The zero-order valence-corrected chi connectivity index (χ0v) is 8.24. The summed E-state index contributed by atoms with van der Waals surface area (Å²) < 4.78 is 1.54. The van der Waals surface area contributed by atoms with E-state index in [2.05, 4.69) is 4.98 Å². The van der Waals surface area contributed by atoms with Crippen LogP contribution in [0.3, 0.4) is 0 Å². The lowest BCUT2D eigenvalue weighted by Crippen LogP contribution is -2.27. The van der Waals surface area contributed by atoms with Crippen LogP contribution >= 0.6 is 0 Å². The lowest BCUT2D eigenvalue weighted by molar-refractivity contribution is 0.698. The predicted molar refractivity (Wildman–Crippen MR) is 51.7 cm³/mol. The van der Waals surface area contributed by atoms with Crippen molar-refractivity contribution in [2.75, 3.05) is 6.54 Å². The number of hydrogen-bond acceptors (Lipinski definition) is 3. The minimum Gasteiger partial charge on any atom is -0.330 e. The Morgan fingerprint density at radius 1 is 1.69 bits per heavy atom. The standard InChI is InChI=1S/C9H15N3O/c1-6(4-10)8-5-11-7(2)12(3)9(8)13/h5-6H,4,10H2,1-3H3. The van der Waals surface area contributed by atoms with E-state index in [-0.39, 0.29) is 11.5 Å². The normalized spacial score (nSPS) is 12.9. The van der Waals surface area contributed by atoms with Gasteiger partial charge in [0.2, 0.25) is 0 Å². The van der Waals surface area contributed by atoms with E-state index in [0.717, 1.165) is 5.82 Å². The zero-order chi connectivity index (χ0) is 10.0. The third-order valence-electron chi connectivity index (χ3n) is 2.31. The molecule has 1 heterocycles. The van der Waals surface area contributed by atoms with Crippen LogP contribution in [0.15, 0.2) is 11.0 Å². The van der Waals surface area contributed by atoms with Crippen molar-refractivity contribution >= 4 is 0 Å². The molecule has 0 bridgehead atoms. The number of nitrogens with two attached hydrogens (primary N) is 1. The second kappa shape index (κ2) is 3.70. The Balaban J connectivity index is 3.26. The van der Waals surface area contributed by atoms with E-state index in [0.29, 0.717) is 12.1 Å². The molecule has 1 unspecified atom stereocenters. The first-order valence-corrected chi connectivity index (χ1v) is 4.30. The molecule has 1 atom stereocenters. The third-order valence-corrected chi connectivity index (χ3v) is 2.31. The highest BCUT2D eigenvalue weighted by atomic mass is 16.1. The van der Waals surface area contributed by atoms with Crippen molar-refractivity contribution in [3.63, 3.8) is 0 Å².